The Kier molecular flexibility index (Phi) is 1.94. The highest BCUT2D eigenvalue weighted by Crippen LogP contribution is 2.05. The van der Waals surface area contributed by atoms with E-state index in [2.05, 4.69) is 11.9 Å². The number of aromatic nitrogens is 2. The van der Waals surface area contributed by atoms with Gasteiger partial charge >= 0.3 is 0 Å². The third-order valence-corrected chi connectivity index (χ3v) is 1.63. The van der Waals surface area contributed by atoms with Crippen LogP contribution in [0.2, 0.25) is 0 Å². The number of rotatable bonds is 2. The maximum Gasteiger partial charge on any atom is 0.200 e. The Morgan fingerprint density at radius 2 is 2.40 bits per heavy atom. The van der Waals surface area contributed by atoms with Gasteiger partial charge in [0.15, 0.2) is 5.95 Å². The van der Waals surface area contributed by atoms with E-state index in [-0.39, 0.29) is 0 Å². The average molecular weight is 139 g/mol. The van der Waals surface area contributed by atoms with Gasteiger partial charge in [0, 0.05) is 12.7 Å². The van der Waals surface area contributed by atoms with E-state index in [1.165, 1.54) is 5.69 Å². The smallest absolute Gasteiger partial charge is 0.200 e. The number of nitrogen functional groups attached to an aromatic ring is 1. The molecule has 0 amide bonds. The minimum atomic E-state index is 0.600. The first-order valence-corrected chi connectivity index (χ1v) is 3.51. The van der Waals surface area contributed by atoms with Crippen molar-refractivity contribution in [3.8, 4) is 0 Å². The number of imidazole rings is 1. The van der Waals surface area contributed by atoms with Gasteiger partial charge in [0.25, 0.3) is 0 Å². The number of nitrogens with two attached hydrogens (primary N) is 1. The molecule has 0 saturated carbocycles. The zero-order valence-electron chi connectivity index (χ0n) is 6.46. The maximum atomic E-state index is 5.52. The molecule has 10 heavy (non-hydrogen) atoms. The summed E-state index contributed by atoms with van der Waals surface area (Å²) in [5.41, 5.74) is 6.73. The summed E-state index contributed by atoms with van der Waals surface area (Å²) < 4.78 is 1.92. The summed E-state index contributed by atoms with van der Waals surface area (Å²) in [6, 6.07) is 0. The summed E-state index contributed by atoms with van der Waals surface area (Å²) in [5.74, 6) is 0.600. The van der Waals surface area contributed by atoms with Crippen molar-refractivity contribution in [3.63, 3.8) is 0 Å². The first-order valence-electron chi connectivity index (χ1n) is 3.51. The molecule has 56 valence electrons. The molecule has 0 saturated heterocycles. The highest BCUT2D eigenvalue weighted by atomic mass is 15.1. The highest BCUT2D eigenvalue weighted by molar-refractivity contribution is 5.21. The molecule has 3 heteroatoms. The van der Waals surface area contributed by atoms with Gasteiger partial charge in [-0.25, -0.2) is 4.98 Å². The SMILES string of the molecule is CCCc1cnc(N)n1C. The van der Waals surface area contributed by atoms with Gasteiger partial charge in [-0.2, -0.15) is 0 Å². The molecule has 0 bridgehead atoms. The second-order valence-electron chi connectivity index (χ2n) is 2.42. The second kappa shape index (κ2) is 2.73. The Hall–Kier alpha value is -0.990. The minimum Gasteiger partial charge on any atom is -0.369 e. The summed E-state index contributed by atoms with van der Waals surface area (Å²) in [6.07, 6.45) is 4.03. The van der Waals surface area contributed by atoms with Crippen molar-refractivity contribution in [2.45, 2.75) is 19.8 Å². The van der Waals surface area contributed by atoms with E-state index >= 15 is 0 Å². The van der Waals surface area contributed by atoms with Crippen LogP contribution in [0.4, 0.5) is 5.95 Å². The van der Waals surface area contributed by atoms with Crippen molar-refractivity contribution in [2.24, 2.45) is 7.05 Å². The molecule has 1 rings (SSSR count). The van der Waals surface area contributed by atoms with Gasteiger partial charge in [0.05, 0.1) is 6.20 Å². The summed E-state index contributed by atoms with van der Waals surface area (Å²) in [6.45, 7) is 2.14. The second-order valence-corrected chi connectivity index (χ2v) is 2.42. The number of nitrogens with zero attached hydrogens (tertiary/aromatic N) is 2. The van der Waals surface area contributed by atoms with Crippen molar-refractivity contribution in [1.82, 2.24) is 9.55 Å². The molecular weight excluding hydrogens is 126 g/mol. The summed E-state index contributed by atoms with van der Waals surface area (Å²) in [7, 11) is 1.94. The summed E-state index contributed by atoms with van der Waals surface area (Å²) in [5, 5.41) is 0. The molecule has 1 aromatic heterocycles. The Labute approximate surface area is 60.9 Å². The maximum absolute atomic E-state index is 5.52. The Balaban J connectivity index is 2.83. The van der Waals surface area contributed by atoms with Crippen LogP contribution in [-0.4, -0.2) is 9.55 Å². The van der Waals surface area contributed by atoms with Crippen LogP contribution in [0.3, 0.4) is 0 Å². The molecule has 0 unspecified atom stereocenters. The number of hydrogen-bond donors (Lipinski definition) is 1. The topological polar surface area (TPSA) is 43.8 Å². The van der Waals surface area contributed by atoms with E-state index in [1.54, 1.807) is 0 Å². The lowest BCUT2D eigenvalue weighted by atomic mass is 10.3. The number of hydrogen-bond acceptors (Lipinski definition) is 2. The van der Waals surface area contributed by atoms with Crippen LogP contribution < -0.4 is 5.73 Å². The third-order valence-electron chi connectivity index (χ3n) is 1.63. The van der Waals surface area contributed by atoms with Gasteiger partial charge in [-0.05, 0) is 6.42 Å². The van der Waals surface area contributed by atoms with Crippen molar-refractivity contribution < 1.29 is 0 Å². The fourth-order valence-electron chi connectivity index (χ4n) is 0.949. The lowest BCUT2D eigenvalue weighted by Gasteiger charge is -1.99. The molecule has 0 radical (unpaired) electrons. The largest absolute Gasteiger partial charge is 0.369 e. The van der Waals surface area contributed by atoms with Gasteiger partial charge in [-0.1, -0.05) is 13.3 Å². The molecule has 1 heterocycles. The van der Waals surface area contributed by atoms with Crippen molar-refractivity contribution in [2.75, 3.05) is 5.73 Å². The predicted molar refractivity (Wildman–Crippen MR) is 41.6 cm³/mol. The molecule has 2 N–H and O–H groups in total. The monoisotopic (exact) mass is 139 g/mol. The van der Waals surface area contributed by atoms with E-state index in [0.29, 0.717) is 5.95 Å². The first kappa shape index (κ1) is 7.12. The van der Waals surface area contributed by atoms with E-state index in [1.807, 2.05) is 17.8 Å². The molecular formula is C7H13N3. The van der Waals surface area contributed by atoms with Crippen molar-refractivity contribution in [1.29, 1.82) is 0 Å². The third kappa shape index (κ3) is 1.12. The van der Waals surface area contributed by atoms with E-state index in [9.17, 15) is 0 Å². The van der Waals surface area contributed by atoms with Crippen LogP contribution in [-0.2, 0) is 13.5 Å². The summed E-state index contributed by atoms with van der Waals surface area (Å²) >= 11 is 0. The van der Waals surface area contributed by atoms with E-state index in [0.717, 1.165) is 12.8 Å². The first-order chi connectivity index (χ1) is 4.75. The highest BCUT2D eigenvalue weighted by Gasteiger charge is 1.99. The molecule has 0 aromatic carbocycles. The molecule has 1 aromatic rings. The predicted octanol–water partition coefficient (Wildman–Crippen LogP) is 0.955. The fraction of sp³-hybridized carbons (Fsp3) is 0.571. The molecule has 0 spiro atoms. The van der Waals surface area contributed by atoms with Gasteiger partial charge in [-0.3, -0.25) is 0 Å². The van der Waals surface area contributed by atoms with Crippen molar-refractivity contribution >= 4 is 5.95 Å². The van der Waals surface area contributed by atoms with Gasteiger partial charge in [-0.15, -0.1) is 0 Å². The van der Waals surface area contributed by atoms with Gasteiger partial charge in [0.1, 0.15) is 0 Å². The number of aryl methyl sites for hydroxylation is 1. The quantitative estimate of drug-likeness (QED) is 0.663. The molecule has 0 aliphatic rings. The van der Waals surface area contributed by atoms with Crippen LogP contribution in [0.1, 0.15) is 19.0 Å². The van der Waals surface area contributed by atoms with Crippen LogP contribution in [0.25, 0.3) is 0 Å². The zero-order chi connectivity index (χ0) is 7.56. The lowest BCUT2D eigenvalue weighted by molar-refractivity contribution is 0.793. The van der Waals surface area contributed by atoms with Crippen molar-refractivity contribution in [3.05, 3.63) is 11.9 Å². The molecule has 0 aliphatic carbocycles. The fourth-order valence-corrected chi connectivity index (χ4v) is 0.949. The Bertz CT molecular complexity index is 215. The standard InChI is InChI=1S/C7H13N3/c1-3-4-6-5-9-7(8)10(6)2/h5H,3-4H2,1-2H3,(H2,8,9). The molecule has 3 nitrogen and oxygen atoms in total. The summed E-state index contributed by atoms with van der Waals surface area (Å²) in [4.78, 5) is 3.98. The molecule has 0 fully saturated rings. The van der Waals surface area contributed by atoms with Gasteiger partial charge in [0.2, 0.25) is 0 Å². The van der Waals surface area contributed by atoms with E-state index < -0.39 is 0 Å². The Morgan fingerprint density at radius 1 is 1.70 bits per heavy atom. The van der Waals surface area contributed by atoms with Crippen LogP contribution >= 0.6 is 0 Å². The Morgan fingerprint density at radius 3 is 2.80 bits per heavy atom. The lowest BCUT2D eigenvalue weighted by Crippen LogP contribution is -2.00. The van der Waals surface area contributed by atoms with Crippen LogP contribution in [0.5, 0.6) is 0 Å². The minimum absolute atomic E-state index is 0.600. The van der Waals surface area contributed by atoms with Gasteiger partial charge < -0.3 is 10.3 Å². The average Bonchev–Trinajstić information content (AvgIpc) is 2.20. The van der Waals surface area contributed by atoms with Crippen LogP contribution in [0.15, 0.2) is 6.20 Å². The van der Waals surface area contributed by atoms with E-state index in [4.69, 9.17) is 5.73 Å². The normalized spacial score (nSPS) is 10.2. The zero-order valence-corrected chi connectivity index (χ0v) is 6.46. The molecule has 0 atom stereocenters. The number of anilines is 1. The van der Waals surface area contributed by atoms with Crippen LogP contribution in [0, 0.1) is 0 Å². The molecule has 0 aliphatic heterocycles.